The topological polar surface area (TPSA) is 46.5 Å². The average molecular weight is 683 g/mol. The second-order valence-corrected chi connectivity index (χ2v) is 14.8. The molecule has 3 nitrogen and oxygen atoms in total. The van der Waals surface area contributed by atoms with Gasteiger partial charge in [-0.15, -0.1) is 0 Å². The van der Waals surface area contributed by atoms with Gasteiger partial charge in [0.05, 0.1) is 6.61 Å². The maximum atomic E-state index is 12.3. The van der Waals surface area contributed by atoms with E-state index in [1.165, 1.54) is 180 Å². The molecule has 41 heavy (non-hydrogen) atoms. The molecule has 0 rings (SSSR count). The molecule has 1 atom stereocenters. The first-order valence-electron chi connectivity index (χ1n) is 18.6. The first-order valence-corrected chi connectivity index (χ1v) is 20.3. The molecule has 0 aliphatic rings. The molecule has 0 saturated heterocycles. The fourth-order valence-electron chi connectivity index (χ4n) is 5.78. The summed E-state index contributed by atoms with van der Waals surface area (Å²) in [6.07, 6.45) is 42.9. The Morgan fingerprint density at radius 2 is 0.610 bits per heavy atom. The summed E-state index contributed by atoms with van der Waals surface area (Å²) >= 11 is 0. The van der Waals surface area contributed by atoms with Gasteiger partial charge in [-0.2, -0.15) is 0 Å². The fourth-order valence-corrected chi connectivity index (χ4v) is 6.95. The fraction of sp³-hybridized carbons (Fsp3) is 1.00. The minimum atomic E-state index is -3.37. The second-order valence-electron chi connectivity index (χ2n) is 12.8. The van der Waals surface area contributed by atoms with E-state index in [0.29, 0.717) is 12.8 Å². The summed E-state index contributed by atoms with van der Waals surface area (Å²) in [5, 5.41) is 0. The number of hydrogen-bond acceptors (Lipinski definition) is 2. The van der Waals surface area contributed by atoms with Crippen LogP contribution in [-0.4, -0.2) is 17.7 Å². The molecule has 0 aromatic carbocycles. The summed E-state index contributed by atoms with van der Waals surface area (Å²) in [6.45, 7) is 5.02. The Bertz CT molecular complexity index is 517. The molecule has 1 unspecified atom stereocenters. The van der Waals surface area contributed by atoms with E-state index in [-0.39, 0.29) is 21.1 Å². The predicted molar refractivity (Wildman–Crippen MR) is 180 cm³/mol. The van der Waals surface area contributed by atoms with Crippen molar-refractivity contribution in [3.05, 3.63) is 0 Å². The minimum Gasteiger partial charge on any atom is -0.324 e. The Balaban J connectivity index is 0. The van der Waals surface area contributed by atoms with E-state index in [0.717, 1.165) is 25.7 Å². The van der Waals surface area contributed by atoms with Crippen molar-refractivity contribution in [3.8, 4) is 0 Å². The van der Waals surface area contributed by atoms with E-state index in [9.17, 15) is 9.46 Å². The van der Waals surface area contributed by atoms with Crippen LogP contribution < -0.4 is 0 Å². The van der Waals surface area contributed by atoms with Crippen molar-refractivity contribution in [1.82, 2.24) is 0 Å². The van der Waals surface area contributed by atoms with Crippen LogP contribution in [0.3, 0.4) is 0 Å². The van der Waals surface area contributed by atoms with Crippen LogP contribution in [0.25, 0.3) is 0 Å². The van der Waals surface area contributed by atoms with Gasteiger partial charge in [-0.1, -0.05) is 206 Å². The van der Waals surface area contributed by atoms with Crippen molar-refractivity contribution in [2.45, 2.75) is 219 Å². The third-order valence-electron chi connectivity index (χ3n) is 8.59. The van der Waals surface area contributed by atoms with Crippen molar-refractivity contribution >= 4 is 7.60 Å². The standard InChI is InChI=1S/C36H75O3P.Mo/c1-3-5-7-9-11-13-15-17-19-21-23-25-27-29-31-33-35-39-40(37,38)36-34-32-30-28-26-24-22-20-18-16-14-12-10-8-6-4-2;/h3-36H2,1-2H3,(H,37,38);. The van der Waals surface area contributed by atoms with Gasteiger partial charge in [0.15, 0.2) is 0 Å². The molecule has 0 bridgehead atoms. The van der Waals surface area contributed by atoms with E-state index >= 15 is 0 Å². The maximum Gasteiger partial charge on any atom is 0.328 e. The van der Waals surface area contributed by atoms with Gasteiger partial charge >= 0.3 is 7.60 Å². The number of rotatable bonds is 35. The summed E-state index contributed by atoms with van der Waals surface area (Å²) in [6, 6.07) is 0. The molecule has 0 heterocycles. The molecule has 0 aliphatic heterocycles. The van der Waals surface area contributed by atoms with Crippen LogP contribution in [0.5, 0.6) is 0 Å². The molecule has 0 aromatic heterocycles. The maximum absolute atomic E-state index is 12.3. The van der Waals surface area contributed by atoms with Crippen LogP contribution in [0.2, 0.25) is 0 Å². The normalized spacial score (nSPS) is 12.9. The molecule has 0 aromatic rings. The molecule has 0 aliphatic carbocycles. The van der Waals surface area contributed by atoms with Gasteiger partial charge in [-0.25, -0.2) is 0 Å². The molecule has 0 amide bonds. The summed E-state index contributed by atoms with van der Waals surface area (Å²) in [5.41, 5.74) is 0. The average Bonchev–Trinajstić information content (AvgIpc) is 2.94. The number of unbranched alkanes of at least 4 members (excludes halogenated alkanes) is 30. The van der Waals surface area contributed by atoms with Crippen LogP contribution in [0.15, 0.2) is 0 Å². The van der Waals surface area contributed by atoms with Crippen LogP contribution in [0.4, 0.5) is 0 Å². The molecule has 0 fully saturated rings. The van der Waals surface area contributed by atoms with Crippen LogP contribution in [0, 0.1) is 0 Å². The summed E-state index contributed by atoms with van der Waals surface area (Å²) in [5.74, 6) is 0. The third kappa shape index (κ3) is 38.8. The van der Waals surface area contributed by atoms with Gasteiger partial charge in [0.1, 0.15) is 0 Å². The summed E-state index contributed by atoms with van der Waals surface area (Å²) < 4.78 is 17.6. The largest absolute Gasteiger partial charge is 0.328 e. The van der Waals surface area contributed by atoms with Gasteiger partial charge in [-0.05, 0) is 12.8 Å². The Labute approximate surface area is 273 Å². The quantitative estimate of drug-likeness (QED) is 0.0411. The molecular formula is C36H75MoO3P. The van der Waals surface area contributed by atoms with Crippen LogP contribution in [-0.2, 0) is 30.2 Å². The molecule has 1 N–H and O–H groups in total. The monoisotopic (exact) mass is 684 g/mol. The van der Waals surface area contributed by atoms with Gasteiger partial charge in [0.2, 0.25) is 0 Å². The minimum absolute atomic E-state index is 0. The smallest absolute Gasteiger partial charge is 0.324 e. The van der Waals surface area contributed by atoms with E-state index in [1.807, 2.05) is 0 Å². The van der Waals surface area contributed by atoms with Crippen molar-refractivity contribution in [1.29, 1.82) is 0 Å². The first-order chi connectivity index (χ1) is 19.6. The first kappa shape index (κ1) is 44.0. The molecule has 0 saturated carbocycles. The second kappa shape index (κ2) is 37.0. The molecular weight excluding hydrogens is 607 g/mol. The Morgan fingerprint density at radius 1 is 0.390 bits per heavy atom. The molecule has 0 spiro atoms. The Morgan fingerprint density at radius 3 is 0.878 bits per heavy atom. The van der Waals surface area contributed by atoms with Crippen LogP contribution >= 0.6 is 7.60 Å². The van der Waals surface area contributed by atoms with Gasteiger partial charge in [0.25, 0.3) is 0 Å². The zero-order valence-electron chi connectivity index (χ0n) is 28.2. The van der Waals surface area contributed by atoms with E-state index in [1.54, 1.807) is 0 Å². The van der Waals surface area contributed by atoms with Crippen molar-refractivity contribution in [3.63, 3.8) is 0 Å². The van der Waals surface area contributed by atoms with Gasteiger partial charge in [0, 0.05) is 27.2 Å². The summed E-state index contributed by atoms with van der Waals surface area (Å²) in [4.78, 5) is 10.1. The van der Waals surface area contributed by atoms with Gasteiger partial charge in [-0.3, -0.25) is 4.57 Å². The molecule has 0 radical (unpaired) electrons. The van der Waals surface area contributed by atoms with Crippen molar-refractivity contribution in [2.75, 3.05) is 12.8 Å². The predicted octanol–water partition coefficient (Wildman–Crippen LogP) is 13.7. The van der Waals surface area contributed by atoms with Crippen LogP contribution in [0.1, 0.15) is 219 Å². The third-order valence-corrected chi connectivity index (χ3v) is 10.1. The zero-order chi connectivity index (χ0) is 29.2. The SMILES string of the molecule is CCCCCCCCCCCCCCCCCCOP(=O)(O)CCCCCCCCCCCCCCCCCC.[Mo]. The Hall–Kier alpha value is 0.838. The Kier molecular flexibility index (Phi) is 39.7. The van der Waals surface area contributed by atoms with E-state index < -0.39 is 7.60 Å². The van der Waals surface area contributed by atoms with Gasteiger partial charge < -0.3 is 9.42 Å². The molecule has 5 heteroatoms. The summed E-state index contributed by atoms with van der Waals surface area (Å²) in [7, 11) is -3.37. The van der Waals surface area contributed by atoms with Crippen molar-refractivity contribution in [2.24, 2.45) is 0 Å². The van der Waals surface area contributed by atoms with E-state index in [4.69, 9.17) is 4.52 Å². The number of hydrogen-bond donors (Lipinski definition) is 1. The van der Waals surface area contributed by atoms with Crippen molar-refractivity contribution < 1.29 is 35.0 Å². The molecule has 248 valence electrons. The zero-order valence-corrected chi connectivity index (χ0v) is 31.1. The van der Waals surface area contributed by atoms with E-state index in [2.05, 4.69) is 13.8 Å².